The minimum atomic E-state index is -3.81. The summed E-state index contributed by atoms with van der Waals surface area (Å²) in [5, 5.41) is 9.56. The Kier molecular flexibility index (Phi) is 4.28. The van der Waals surface area contributed by atoms with E-state index in [1.54, 1.807) is 30.5 Å². The monoisotopic (exact) mass is 374 g/mol. The summed E-state index contributed by atoms with van der Waals surface area (Å²) < 4.78 is 23.6. The molecule has 2 rings (SSSR count). The molecule has 1 heterocycles. The molecule has 1 aromatic carbocycles. The van der Waals surface area contributed by atoms with E-state index in [2.05, 4.69) is 21.2 Å². The molecular weight excluding hydrogens is 364 g/mol. The standard InChI is InChI=1S/C12H11BrN2O3S2/c1-7-2-3-8(6-10(7)20(14,17)18)15-12(16)11-9(13)4-5-19-11/h2-6H,1H3,(H,15,16)(H2,14,17,18). The van der Waals surface area contributed by atoms with Gasteiger partial charge in [0.2, 0.25) is 10.0 Å². The second kappa shape index (κ2) is 5.65. The number of amides is 1. The highest BCUT2D eigenvalue weighted by atomic mass is 79.9. The van der Waals surface area contributed by atoms with E-state index < -0.39 is 10.0 Å². The summed E-state index contributed by atoms with van der Waals surface area (Å²) in [5.74, 6) is -0.309. The van der Waals surface area contributed by atoms with Crippen LogP contribution in [0, 0.1) is 6.92 Å². The molecule has 0 spiro atoms. The van der Waals surface area contributed by atoms with Gasteiger partial charge in [-0.3, -0.25) is 4.79 Å². The molecule has 3 N–H and O–H groups in total. The summed E-state index contributed by atoms with van der Waals surface area (Å²) in [4.78, 5) is 12.5. The van der Waals surface area contributed by atoms with E-state index in [0.29, 0.717) is 20.6 Å². The van der Waals surface area contributed by atoms with Crippen LogP contribution in [0.25, 0.3) is 0 Å². The van der Waals surface area contributed by atoms with Gasteiger partial charge in [-0.15, -0.1) is 11.3 Å². The van der Waals surface area contributed by atoms with Gasteiger partial charge >= 0.3 is 0 Å². The number of carbonyl (C=O) groups is 1. The van der Waals surface area contributed by atoms with Crippen molar-refractivity contribution >= 4 is 48.9 Å². The molecule has 0 radical (unpaired) electrons. The number of carbonyl (C=O) groups excluding carboxylic acids is 1. The molecule has 0 aliphatic heterocycles. The summed E-state index contributed by atoms with van der Waals surface area (Å²) >= 11 is 4.56. The first-order valence-electron chi connectivity index (χ1n) is 5.47. The van der Waals surface area contributed by atoms with Gasteiger partial charge in [-0.2, -0.15) is 0 Å². The number of halogens is 1. The topological polar surface area (TPSA) is 89.3 Å². The molecule has 2 aromatic rings. The van der Waals surface area contributed by atoms with Crippen molar-refractivity contribution in [1.29, 1.82) is 0 Å². The zero-order chi connectivity index (χ0) is 14.9. The highest BCUT2D eigenvalue weighted by Gasteiger charge is 2.15. The van der Waals surface area contributed by atoms with Gasteiger partial charge in [-0.1, -0.05) is 6.07 Å². The molecule has 1 amide bonds. The van der Waals surface area contributed by atoms with E-state index in [1.807, 2.05) is 0 Å². The van der Waals surface area contributed by atoms with E-state index in [9.17, 15) is 13.2 Å². The second-order valence-electron chi connectivity index (χ2n) is 4.08. The van der Waals surface area contributed by atoms with Crippen molar-refractivity contribution in [1.82, 2.24) is 0 Å². The van der Waals surface area contributed by atoms with Crippen LogP contribution >= 0.6 is 27.3 Å². The highest BCUT2D eigenvalue weighted by molar-refractivity contribution is 9.10. The van der Waals surface area contributed by atoms with E-state index in [1.165, 1.54) is 17.4 Å². The van der Waals surface area contributed by atoms with Crippen LogP contribution in [-0.4, -0.2) is 14.3 Å². The molecule has 0 unspecified atom stereocenters. The Hall–Kier alpha value is -1.22. The summed E-state index contributed by atoms with van der Waals surface area (Å²) in [7, 11) is -3.81. The van der Waals surface area contributed by atoms with Crippen LogP contribution in [-0.2, 0) is 10.0 Å². The Bertz CT molecular complexity index is 769. The quantitative estimate of drug-likeness (QED) is 0.865. The molecule has 106 valence electrons. The van der Waals surface area contributed by atoms with Crippen molar-refractivity contribution in [2.24, 2.45) is 5.14 Å². The third kappa shape index (κ3) is 3.26. The van der Waals surface area contributed by atoms with E-state index in [-0.39, 0.29) is 10.8 Å². The number of aryl methyl sites for hydroxylation is 1. The van der Waals surface area contributed by atoms with Gasteiger partial charge in [0, 0.05) is 10.2 Å². The predicted octanol–water partition coefficient (Wildman–Crippen LogP) is 2.72. The van der Waals surface area contributed by atoms with Gasteiger partial charge in [0.05, 0.1) is 4.90 Å². The molecule has 0 atom stereocenters. The van der Waals surface area contributed by atoms with E-state index in [0.717, 1.165) is 0 Å². The first-order valence-corrected chi connectivity index (χ1v) is 8.69. The molecule has 8 heteroatoms. The van der Waals surface area contributed by atoms with Crippen molar-refractivity contribution in [3.63, 3.8) is 0 Å². The summed E-state index contributed by atoms with van der Waals surface area (Å²) in [6.45, 7) is 1.64. The number of rotatable bonds is 3. The third-order valence-electron chi connectivity index (χ3n) is 2.58. The first kappa shape index (κ1) is 15.2. The number of hydrogen-bond donors (Lipinski definition) is 2. The van der Waals surface area contributed by atoms with E-state index in [4.69, 9.17) is 5.14 Å². The van der Waals surface area contributed by atoms with Crippen molar-refractivity contribution in [3.8, 4) is 0 Å². The van der Waals surface area contributed by atoms with Crippen molar-refractivity contribution in [2.75, 3.05) is 5.32 Å². The number of nitrogens with one attached hydrogen (secondary N) is 1. The maximum atomic E-state index is 12.0. The smallest absolute Gasteiger partial charge is 0.266 e. The lowest BCUT2D eigenvalue weighted by Gasteiger charge is -2.08. The van der Waals surface area contributed by atoms with Crippen LogP contribution in [0.5, 0.6) is 0 Å². The number of thiophene rings is 1. The zero-order valence-corrected chi connectivity index (χ0v) is 13.6. The Balaban J connectivity index is 2.32. The zero-order valence-electron chi connectivity index (χ0n) is 10.4. The fourth-order valence-electron chi connectivity index (χ4n) is 1.63. The average Bonchev–Trinajstić information content (AvgIpc) is 2.76. The Morgan fingerprint density at radius 2 is 2.05 bits per heavy atom. The number of benzene rings is 1. The van der Waals surface area contributed by atoms with Gasteiger partial charge in [0.25, 0.3) is 5.91 Å². The molecule has 1 aromatic heterocycles. The molecule has 0 aliphatic carbocycles. The number of hydrogen-bond acceptors (Lipinski definition) is 4. The SMILES string of the molecule is Cc1ccc(NC(=O)c2sccc2Br)cc1S(N)(=O)=O. The molecule has 0 bridgehead atoms. The summed E-state index contributed by atoms with van der Waals surface area (Å²) in [6.07, 6.45) is 0. The summed E-state index contributed by atoms with van der Waals surface area (Å²) in [5.41, 5.74) is 0.910. The van der Waals surface area contributed by atoms with E-state index >= 15 is 0 Å². The fraction of sp³-hybridized carbons (Fsp3) is 0.0833. The Morgan fingerprint density at radius 3 is 2.60 bits per heavy atom. The average molecular weight is 375 g/mol. The molecular formula is C12H11BrN2O3S2. The molecule has 5 nitrogen and oxygen atoms in total. The predicted molar refractivity (Wildman–Crippen MR) is 82.5 cm³/mol. The molecule has 20 heavy (non-hydrogen) atoms. The lowest BCUT2D eigenvalue weighted by atomic mass is 10.2. The number of sulfonamides is 1. The van der Waals surface area contributed by atoms with Crippen LogP contribution in [0.1, 0.15) is 15.2 Å². The van der Waals surface area contributed by atoms with Gasteiger partial charge in [0.1, 0.15) is 4.88 Å². The second-order valence-corrected chi connectivity index (χ2v) is 7.38. The van der Waals surface area contributed by atoms with Gasteiger partial charge in [-0.25, -0.2) is 13.6 Å². The lowest BCUT2D eigenvalue weighted by molar-refractivity contribution is 0.103. The number of primary sulfonamides is 1. The first-order chi connectivity index (χ1) is 9.29. The Morgan fingerprint density at radius 1 is 1.35 bits per heavy atom. The van der Waals surface area contributed by atoms with Crippen LogP contribution in [0.4, 0.5) is 5.69 Å². The van der Waals surface area contributed by atoms with Gasteiger partial charge < -0.3 is 5.32 Å². The molecule has 0 aliphatic rings. The van der Waals surface area contributed by atoms with Crippen molar-refractivity contribution in [2.45, 2.75) is 11.8 Å². The normalized spacial score (nSPS) is 11.3. The Labute approximate surface area is 129 Å². The van der Waals surface area contributed by atoms with Crippen LogP contribution in [0.15, 0.2) is 39.0 Å². The number of nitrogens with two attached hydrogens (primary N) is 1. The van der Waals surface area contributed by atoms with Crippen LogP contribution < -0.4 is 10.5 Å². The lowest BCUT2D eigenvalue weighted by Crippen LogP contribution is -2.15. The molecule has 0 saturated heterocycles. The van der Waals surface area contributed by atoms with Crippen LogP contribution in [0.2, 0.25) is 0 Å². The molecule has 0 saturated carbocycles. The van der Waals surface area contributed by atoms with Gasteiger partial charge in [0.15, 0.2) is 0 Å². The van der Waals surface area contributed by atoms with Crippen molar-refractivity contribution in [3.05, 3.63) is 44.6 Å². The highest BCUT2D eigenvalue weighted by Crippen LogP contribution is 2.25. The maximum Gasteiger partial charge on any atom is 0.266 e. The third-order valence-corrected chi connectivity index (χ3v) is 5.47. The van der Waals surface area contributed by atoms with Crippen LogP contribution in [0.3, 0.4) is 0 Å². The fourth-order valence-corrected chi connectivity index (χ4v) is 3.88. The molecule has 0 fully saturated rings. The number of anilines is 1. The minimum absolute atomic E-state index is 0.000505. The van der Waals surface area contributed by atoms with Gasteiger partial charge in [-0.05, 0) is 52.0 Å². The maximum absolute atomic E-state index is 12.0. The largest absolute Gasteiger partial charge is 0.321 e. The van der Waals surface area contributed by atoms with Crippen molar-refractivity contribution < 1.29 is 13.2 Å². The minimum Gasteiger partial charge on any atom is -0.321 e. The summed E-state index contributed by atoms with van der Waals surface area (Å²) in [6, 6.07) is 6.34.